The van der Waals surface area contributed by atoms with Crippen molar-refractivity contribution >= 4 is 46.1 Å². The average Bonchev–Trinajstić information content (AvgIpc) is 2.26. The van der Waals surface area contributed by atoms with Crippen molar-refractivity contribution in [1.29, 1.82) is 0 Å². The number of ether oxygens (including phenoxy) is 1. The molecule has 1 heterocycles. The Morgan fingerprint density at radius 3 is 2.80 bits per heavy atom. The van der Waals surface area contributed by atoms with E-state index in [9.17, 15) is 0 Å². The first-order valence-corrected chi connectivity index (χ1v) is 5.92. The number of benzene rings is 1. The molecule has 80 valence electrons. The molecule has 0 atom stereocenters. The molecule has 0 aromatic heterocycles. The van der Waals surface area contributed by atoms with Crippen molar-refractivity contribution in [2.45, 2.75) is 11.8 Å². The van der Waals surface area contributed by atoms with Crippen molar-refractivity contribution in [2.24, 2.45) is 0 Å². The minimum Gasteiger partial charge on any atom is -0.484 e. The van der Waals surface area contributed by atoms with Gasteiger partial charge in [-0.15, -0.1) is 23.2 Å². The molecule has 0 aliphatic carbocycles. The van der Waals surface area contributed by atoms with E-state index in [1.807, 2.05) is 12.1 Å². The Morgan fingerprint density at radius 1 is 1.33 bits per heavy atom. The maximum absolute atomic E-state index is 5.85. The monoisotopic (exact) mass is 261 g/mol. The molecule has 0 fully saturated rings. The number of alkyl halides is 2. The lowest BCUT2D eigenvalue weighted by atomic mass is 10.1. The van der Waals surface area contributed by atoms with Crippen LogP contribution in [0, 0.1) is 0 Å². The highest BCUT2D eigenvalue weighted by Crippen LogP contribution is 2.34. The molecule has 0 amide bonds. The first kappa shape index (κ1) is 11.0. The quantitative estimate of drug-likeness (QED) is 0.652. The van der Waals surface area contributed by atoms with Gasteiger partial charge in [-0.1, -0.05) is 12.2 Å². The van der Waals surface area contributed by atoms with Crippen molar-refractivity contribution in [3.63, 3.8) is 0 Å². The van der Waals surface area contributed by atoms with Crippen molar-refractivity contribution in [3.8, 4) is 5.75 Å². The highest BCUT2D eigenvalue weighted by Gasteiger charge is 2.17. The van der Waals surface area contributed by atoms with Gasteiger partial charge in [0.2, 0.25) is 0 Å². The molecular formula is C10H9Cl2NOS. The van der Waals surface area contributed by atoms with Gasteiger partial charge in [0, 0.05) is 11.4 Å². The molecule has 15 heavy (non-hydrogen) atoms. The van der Waals surface area contributed by atoms with Gasteiger partial charge in [-0.2, -0.15) is 0 Å². The van der Waals surface area contributed by atoms with Crippen LogP contribution < -0.4 is 10.1 Å². The predicted octanol–water partition coefficient (Wildman–Crippen LogP) is 3.30. The van der Waals surface area contributed by atoms with E-state index < -0.39 is 0 Å². The molecule has 0 bridgehead atoms. The molecule has 2 rings (SSSR count). The standard InChI is InChI=1S/C10H9Cl2NOS/c11-3-6-1-7(4-12)10-8(2-6)13-9(15)5-14-10/h1-2H,3-5H2,(H,13,15). The van der Waals surface area contributed by atoms with Crippen LogP contribution in [0.3, 0.4) is 0 Å². The van der Waals surface area contributed by atoms with Crippen LogP contribution >= 0.6 is 35.4 Å². The highest BCUT2D eigenvalue weighted by atomic mass is 35.5. The number of hydrogen-bond acceptors (Lipinski definition) is 2. The Bertz CT molecular complexity index is 409. The fourth-order valence-electron chi connectivity index (χ4n) is 1.52. The number of hydrogen-bond donors (Lipinski definition) is 1. The molecule has 0 spiro atoms. The van der Waals surface area contributed by atoms with Gasteiger partial charge in [0.15, 0.2) is 0 Å². The zero-order chi connectivity index (χ0) is 10.8. The Balaban J connectivity index is 2.49. The van der Waals surface area contributed by atoms with Gasteiger partial charge in [-0.3, -0.25) is 0 Å². The van der Waals surface area contributed by atoms with Crippen LogP contribution in [0.1, 0.15) is 11.1 Å². The lowest BCUT2D eigenvalue weighted by Gasteiger charge is -2.22. The van der Waals surface area contributed by atoms with E-state index in [1.54, 1.807) is 0 Å². The Morgan fingerprint density at radius 2 is 2.13 bits per heavy atom. The smallest absolute Gasteiger partial charge is 0.147 e. The van der Waals surface area contributed by atoms with E-state index in [1.165, 1.54) is 0 Å². The normalized spacial score (nSPS) is 14.1. The molecule has 0 saturated heterocycles. The number of rotatable bonds is 2. The SMILES string of the molecule is S=C1COc2c(CCl)cc(CCl)cc2N1. The Labute approximate surface area is 104 Å². The van der Waals surface area contributed by atoms with Gasteiger partial charge in [0.1, 0.15) is 17.3 Å². The van der Waals surface area contributed by atoms with Crippen molar-refractivity contribution in [3.05, 3.63) is 23.3 Å². The van der Waals surface area contributed by atoms with Crippen LogP contribution in [0.4, 0.5) is 5.69 Å². The summed E-state index contributed by atoms with van der Waals surface area (Å²) in [6, 6.07) is 3.89. The van der Waals surface area contributed by atoms with Crippen LogP contribution in [0.25, 0.3) is 0 Å². The van der Waals surface area contributed by atoms with E-state index in [2.05, 4.69) is 5.32 Å². The summed E-state index contributed by atoms with van der Waals surface area (Å²) < 4.78 is 5.53. The summed E-state index contributed by atoms with van der Waals surface area (Å²) in [5, 5.41) is 3.10. The summed E-state index contributed by atoms with van der Waals surface area (Å²) in [5.74, 6) is 1.64. The second-order valence-corrected chi connectivity index (χ2v) is 4.26. The summed E-state index contributed by atoms with van der Waals surface area (Å²) in [5.41, 5.74) is 2.81. The van der Waals surface area contributed by atoms with Gasteiger partial charge in [-0.05, 0) is 17.7 Å². The van der Waals surface area contributed by atoms with Crippen molar-refractivity contribution < 1.29 is 4.74 Å². The second kappa shape index (κ2) is 4.56. The van der Waals surface area contributed by atoms with E-state index in [-0.39, 0.29) is 0 Å². The third-order valence-corrected chi connectivity index (χ3v) is 2.96. The zero-order valence-corrected chi connectivity index (χ0v) is 10.2. The fraction of sp³-hybridized carbons (Fsp3) is 0.300. The van der Waals surface area contributed by atoms with E-state index in [4.69, 9.17) is 40.2 Å². The molecule has 0 saturated carbocycles. The summed E-state index contributed by atoms with van der Waals surface area (Å²) in [6.45, 7) is 0.409. The molecule has 1 N–H and O–H groups in total. The van der Waals surface area contributed by atoms with Crippen molar-refractivity contribution in [1.82, 2.24) is 0 Å². The minimum atomic E-state index is 0.404. The topological polar surface area (TPSA) is 21.3 Å². The van der Waals surface area contributed by atoms with Gasteiger partial charge in [-0.25, -0.2) is 0 Å². The first-order chi connectivity index (χ1) is 7.24. The van der Waals surface area contributed by atoms with Crippen LogP contribution in [0.15, 0.2) is 12.1 Å². The molecule has 1 aliphatic heterocycles. The number of fused-ring (bicyclic) bond motifs is 1. The first-order valence-electron chi connectivity index (χ1n) is 4.45. The molecule has 1 aromatic rings. The highest BCUT2D eigenvalue weighted by molar-refractivity contribution is 7.80. The Hall–Kier alpha value is -0.510. The lowest BCUT2D eigenvalue weighted by Crippen LogP contribution is -2.24. The van der Waals surface area contributed by atoms with Gasteiger partial charge < -0.3 is 10.1 Å². The summed E-state index contributed by atoms with van der Waals surface area (Å²) >= 11 is 16.7. The zero-order valence-electron chi connectivity index (χ0n) is 7.85. The molecule has 5 heteroatoms. The molecule has 2 nitrogen and oxygen atoms in total. The third kappa shape index (κ3) is 2.19. The minimum absolute atomic E-state index is 0.404. The van der Waals surface area contributed by atoms with Crippen LogP contribution in [-0.4, -0.2) is 11.6 Å². The maximum atomic E-state index is 5.85. The summed E-state index contributed by atoms with van der Waals surface area (Å²) in [4.78, 5) is 0.676. The summed E-state index contributed by atoms with van der Waals surface area (Å²) in [6.07, 6.45) is 0. The van der Waals surface area contributed by atoms with Gasteiger partial charge in [0.05, 0.1) is 11.6 Å². The van der Waals surface area contributed by atoms with E-state index >= 15 is 0 Å². The Kier molecular flexibility index (Phi) is 3.34. The van der Waals surface area contributed by atoms with Crippen molar-refractivity contribution in [2.75, 3.05) is 11.9 Å². The number of anilines is 1. The number of thiocarbonyl (C=S) groups is 1. The molecule has 0 unspecified atom stereocenters. The molecule has 1 aliphatic rings. The van der Waals surface area contributed by atoms with E-state index in [0.717, 1.165) is 22.6 Å². The predicted molar refractivity (Wildman–Crippen MR) is 67.3 cm³/mol. The van der Waals surface area contributed by atoms with Crippen LogP contribution in [-0.2, 0) is 11.8 Å². The van der Waals surface area contributed by atoms with Gasteiger partial charge in [0.25, 0.3) is 0 Å². The summed E-state index contributed by atoms with van der Waals surface area (Å²) in [7, 11) is 0. The average molecular weight is 262 g/mol. The third-order valence-electron chi connectivity index (χ3n) is 2.15. The largest absolute Gasteiger partial charge is 0.484 e. The van der Waals surface area contributed by atoms with Gasteiger partial charge >= 0.3 is 0 Å². The maximum Gasteiger partial charge on any atom is 0.147 e. The number of halogens is 2. The van der Waals surface area contributed by atoms with Crippen LogP contribution in [0.5, 0.6) is 5.75 Å². The number of nitrogens with one attached hydrogen (secondary N) is 1. The molecule has 1 aromatic carbocycles. The molecule has 0 radical (unpaired) electrons. The second-order valence-electron chi connectivity index (χ2n) is 3.24. The molecular weight excluding hydrogens is 253 g/mol. The van der Waals surface area contributed by atoms with E-state index in [0.29, 0.717) is 23.4 Å². The fourth-order valence-corrected chi connectivity index (χ4v) is 2.04. The van der Waals surface area contributed by atoms with Crippen LogP contribution in [0.2, 0.25) is 0 Å². The lowest BCUT2D eigenvalue weighted by molar-refractivity contribution is 0.372.